The van der Waals surface area contributed by atoms with Gasteiger partial charge >= 0.3 is 0 Å². The van der Waals surface area contributed by atoms with Crippen LogP contribution in [0.4, 0.5) is 5.95 Å². The SMILES string of the molecule is CCCN1CCC2(CCN(c3nnc4ccccn34)C2)C1=O. The van der Waals surface area contributed by atoms with Gasteiger partial charge < -0.3 is 9.80 Å². The number of nitrogens with zero attached hydrogens (tertiary/aromatic N) is 5. The quantitative estimate of drug-likeness (QED) is 0.863. The number of carbonyl (C=O) groups excluding carboxylic acids is 1. The lowest BCUT2D eigenvalue weighted by atomic mass is 9.85. The smallest absolute Gasteiger partial charge is 0.231 e. The highest BCUT2D eigenvalue weighted by Gasteiger charge is 2.51. The van der Waals surface area contributed by atoms with E-state index in [1.165, 1.54) is 0 Å². The van der Waals surface area contributed by atoms with Crippen LogP contribution < -0.4 is 4.90 Å². The number of hydrogen-bond acceptors (Lipinski definition) is 4. The topological polar surface area (TPSA) is 53.7 Å². The zero-order valence-corrected chi connectivity index (χ0v) is 12.9. The molecule has 0 bridgehead atoms. The highest BCUT2D eigenvalue weighted by Crippen LogP contribution is 2.41. The Labute approximate surface area is 129 Å². The predicted octanol–water partition coefficient (Wildman–Crippen LogP) is 1.57. The Balaban J connectivity index is 1.59. The molecule has 0 saturated carbocycles. The minimum atomic E-state index is -0.199. The number of rotatable bonds is 3. The Morgan fingerprint density at radius 3 is 2.95 bits per heavy atom. The fourth-order valence-corrected chi connectivity index (χ4v) is 3.84. The number of amides is 1. The summed E-state index contributed by atoms with van der Waals surface area (Å²) >= 11 is 0. The minimum Gasteiger partial charge on any atom is -0.342 e. The first kappa shape index (κ1) is 13.5. The van der Waals surface area contributed by atoms with E-state index >= 15 is 0 Å². The summed E-state index contributed by atoms with van der Waals surface area (Å²) < 4.78 is 2.00. The van der Waals surface area contributed by atoms with Gasteiger partial charge in [0, 0.05) is 32.4 Å². The maximum Gasteiger partial charge on any atom is 0.231 e. The summed E-state index contributed by atoms with van der Waals surface area (Å²) in [6.45, 7) is 5.56. The Bertz CT molecular complexity index is 711. The van der Waals surface area contributed by atoms with Crippen molar-refractivity contribution < 1.29 is 4.79 Å². The molecule has 116 valence electrons. The molecule has 1 unspecified atom stereocenters. The number of aromatic nitrogens is 3. The molecular formula is C16H21N5O. The third kappa shape index (κ3) is 1.90. The number of fused-ring (bicyclic) bond motifs is 1. The second-order valence-electron chi connectivity index (χ2n) is 6.42. The number of anilines is 1. The maximum absolute atomic E-state index is 12.8. The number of carbonyl (C=O) groups is 1. The van der Waals surface area contributed by atoms with E-state index in [0.29, 0.717) is 5.91 Å². The van der Waals surface area contributed by atoms with Crippen LogP contribution in [0.3, 0.4) is 0 Å². The minimum absolute atomic E-state index is 0.199. The van der Waals surface area contributed by atoms with E-state index in [1.807, 2.05) is 33.7 Å². The molecule has 1 spiro atoms. The third-order valence-electron chi connectivity index (χ3n) is 5.03. The standard InChI is InChI=1S/C16H21N5O/c1-2-8-19-10-6-16(14(19)22)7-11-20(12-16)15-18-17-13-5-3-4-9-21(13)15/h3-5,9H,2,6-8,10-12H2,1H3. The molecule has 4 heterocycles. The zero-order chi connectivity index (χ0) is 15.2. The molecule has 2 aromatic heterocycles. The molecule has 4 rings (SSSR count). The highest BCUT2D eigenvalue weighted by atomic mass is 16.2. The molecular weight excluding hydrogens is 278 g/mol. The average molecular weight is 299 g/mol. The average Bonchev–Trinajstić information content (AvgIpc) is 3.22. The van der Waals surface area contributed by atoms with Crippen LogP contribution in [0, 0.1) is 5.41 Å². The fourth-order valence-electron chi connectivity index (χ4n) is 3.84. The number of likely N-dealkylation sites (tertiary alicyclic amines) is 1. The van der Waals surface area contributed by atoms with Crippen LogP contribution >= 0.6 is 0 Å². The van der Waals surface area contributed by atoms with E-state index in [2.05, 4.69) is 22.0 Å². The van der Waals surface area contributed by atoms with Gasteiger partial charge in [-0.05, 0) is 31.4 Å². The van der Waals surface area contributed by atoms with E-state index in [-0.39, 0.29) is 5.41 Å². The predicted molar refractivity (Wildman–Crippen MR) is 83.7 cm³/mol. The molecule has 2 aromatic rings. The summed E-state index contributed by atoms with van der Waals surface area (Å²) in [6, 6.07) is 5.89. The van der Waals surface area contributed by atoms with Crippen molar-refractivity contribution in [2.75, 3.05) is 31.1 Å². The van der Waals surface area contributed by atoms with Gasteiger partial charge in [0.1, 0.15) is 0 Å². The Hall–Kier alpha value is -2.11. The largest absolute Gasteiger partial charge is 0.342 e. The number of hydrogen-bond donors (Lipinski definition) is 0. The van der Waals surface area contributed by atoms with E-state index in [9.17, 15) is 4.79 Å². The molecule has 2 aliphatic heterocycles. The molecule has 2 fully saturated rings. The summed E-state index contributed by atoms with van der Waals surface area (Å²) in [4.78, 5) is 17.0. The van der Waals surface area contributed by atoms with Gasteiger partial charge in [0.25, 0.3) is 0 Å². The van der Waals surface area contributed by atoms with Crippen LogP contribution in [0.15, 0.2) is 24.4 Å². The molecule has 0 N–H and O–H groups in total. The second kappa shape index (κ2) is 4.97. The summed E-state index contributed by atoms with van der Waals surface area (Å²) in [5.74, 6) is 1.19. The van der Waals surface area contributed by atoms with Gasteiger partial charge in [-0.25, -0.2) is 0 Å². The Kier molecular flexibility index (Phi) is 3.06. The van der Waals surface area contributed by atoms with Crippen molar-refractivity contribution in [1.82, 2.24) is 19.5 Å². The van der Waals surface area contributed by atoms with Crippen LogP contribution in [-0.2, 0) is 4.79 Å². The van der Waals surface area contributed by atoms with E-state index < -0.39 is 0 Å². The Morgan fingerprint density at radius 2 is 2.09 bits per heavy atom. The molecule has 0 aliphatic carbocycles. The second-order valence-corrected chi connectivity index (χ2v) is 6.42. The Morgan fingerprint density at radius 1 is 1.23 bits per heavy atom. The normalized spacial score (nSPS) is 25.0. The molecule has 2 aliphatic rings. The van der Waals surface area contributed by atoms with E-state index in [0.717, 1.165) is 57.0 Å². The van der Waals surface area contributed by atoms with Crippen LogP contribution in [0.1, 0.15) is 26.2 Å². The van der Waals surface area contributed by atoms with Crippen molar-refractivity contribution in [3.8, 4) is 0 Å². The molecule has 1 atom stereocenters. The molecule has 22 heavy (non-hydrogen) atoms. The number of pyridine rings is 1. The van der Waals surface area contributed by atoms with Crippen molar-refractivity contribution in [1.29, 1.82) is 0 Å². The van der Waals surface area contributed by atoms with Gasteiger partial charge in [-0.15, -0.1) is 10.2 Å². The zero-order valence-electron chi connectivity index (χ0n) is 12.9. The van der Waals surface area contributed by atoms with Crippen molar-refractivity contribution in [3.63, 3.8) is 0 Å². The molecule has 0 radical (unpaired) electrons. The molecule has 6 heteroatoms. The molecule has 0 aromatic carbocycles. The van der Waals surface area contributed by atoms with E-state index in [1.54, 1.807) is 0 Å². The summed E-state index contributed by atoms with van der Waals surface area (Å²) in [6.07, 6.45) is 4.91. The first-order valence-electron chi connectivity index (χ1n) is 8.08. The molecule has 2 saturated heterocycles. The maximum atomic E-state index is 12.8. The van der Waals surface area contributed by atoms with Gasteiger partial charge in [0.05, 0.1) is 5.41 Å². The lowest BCUT2D eigenvalue weighted by molar-refractivity contribution is -0.135. The van der Waals surface area contributed by atoms with Crippen LogP contribution in [-0.4, -0.2) is 51.6 Å². The highest BCUT2D eigenvalue weighted by molar-refractivity contribution is 5.86. The van der Waals surface area contributed by atoms with Gasteiger partial charge in [-0.1, -0.05) is 13.0 Å². The lowest BCUT2D eigenvalue weighted by Crippen LogP contribution is -2.37. The monoisotopic (exact) mass is 299 g/mol. The summed E-state index contributed by atoms with van der Waals surface area (Å²) in [7, 11) is 0. The molecule has 6 nitrogen and oxygen atoms in total. The first-order valence-corrected chi connectivity index (χ1v) is 8.08. The third-order valence-corrected chi connectivity index (χ3v) is 5.03. The fraction of sp³-hybridized carbons (Fsp3) is 0.562. The van der Waals surface area contributed by atoms with Gasteiger partial charge in [0.2, 0.25) is 11.9 Å². The van der Waals surface area contributed by atoms with Crippen molar-refractivity contribution in [2.45, 2.75) is 26.2 Å². The summed E-state index contributed by atoms with van der Waals surface area (Å²) in [5.41, 5.74) is 0.652. The molecule has 1 amide bonds. The summed E-state index contributed by atoms with van der Waals surface area (Å²) in [5, 5.41) is 8.54. The lowest BCUT2D eigenvalue weighted by Gasteiger charge is -2.23. The van der Waals surface area contributed by atoms with Crippen LogP contribution in [0.25, 0.3) is 5.65 Å². The van der Waals surface area contributed by atoms with Gasteiger partial charge in [-0.2, -0.15) is 0 Å². The van der Waals surface area contributed by atoms with Gasteiger partial charge in [0.15, 0.2) is 5.65 Å². The first-order chi connectivity index (χ1) is 10.7. The van der Waals surface area contributed by atoms with Crippen molar-refractivity contribution in [3.05, 3.63) is 24.4 Å². The van der Waals surface area contributed by atoms with Crippen LogP contribution in [0.5, 0.6) is 0 Å². The van der Waals surface area contributed by atoms with Crippen molar-refractivity contribution >= 4 is 17.5 Å². The van der Waals surface area contributed by atoms with Crippen molar-refractivity contribution in [2.24, 2.45) is 5.41 Å². The van der Waals surface area contributed by atoms with Gasteiger partial charge in [-0.3, -0.25) is 9.20 Å². The van der Waals surface area contributed by atoms with Crippen LogP contribution in [0.2, 0.25) is 0 Å². The van der Waals surface area contributed by atoms with E-state index in [4.69, 9.17) is 0 Å².